The highest BCUT2D eigenvalue weighted by Gasteiger charge is 2.37. The SMILES string of the molecule is NC(=O)C(c1c(Cl)cccc1Cl)N1CCN(C(CO)C2COc3ccccc3O2)CC1. The monoisotopic (exact) mass is 465 g/mol. The largest absolute Gasteiger partial charge is 0.486 e. The van der Waals surface area contributed by atoms with Crippen molar-refractivity contribution < 1.29 is 19.4 Å². The number of ether oxygens (including phenoxy) is 2. The number of halogens is 2. The number of para-hydroxylation sites is 2. The molecule has 0 bridgehead atoms. The van der Waals surface area contributed by atoms with Gasteiger partial charge in [-0.05, 0) is 24.3 Å². The molecule has 3 N–H and O–H groups in total. The Kier molecular flexibility index (Phi) is 6.89. The molecule has 2 aromatic carbocycles. The van der Waals surface area contributed by atoms with Crippen molar-refractivity contribution in [1.82, 2.24) is 9.80 Å². The molecule has 2 heterocycles. The first-order chi connectivity index (χ1) is 15.0. The van der Waals surface area contributed by atoms with E-state index >= 15 is 0 Å². The van der Waals surface area contributed by atoms with E-state index < -0.39 is 11.9 Å². The third-order valence-corrected chi connectivity index (χ3v) is 6.53. The molecular formula is C22H25Cl2N3O4. The Morgan fingerprint density at radius 2 is 1.65 bits per heavy atom. The van der Waals surface area contributed by atoms with Crippen molar-refractivity contribution in [3.05, 3.63) is 58.1 Å². The van der Waals surface area contributed by atoms with Crippen LogP contribution in [0.25, 0.3) is 0 Å². The summed E-state index contributed by atoms with van der Waals surface area (Å²) in [6.45, 7) is 2.68. The number of benzene rings is 2. The van der Waals surface area contributed by atoms with Gasteiger partial charge in [-0.25, -0.2) is 0 Å². The van der Waals surface area contributed by atoms with Crippen LogP contribution in [0.15, 0.2) is 42.5 Å². The number of nitrogens with zero attached hydrogens (tertiary/aromatic N) is 2. The van der Waals surface area contributed by atoms with Gasteiger partial charge in [0.2, 0.25) is 5.91 Å². The maximum atomic E-state index is 12.3. The van der Waals surface area contributed by atoms with Crippen LogP contribution in [0.2, 0.25) is 10.0 Å². The fourth-order valence-electron chi connectivity index (χ4n) is 4.30. The molecule has 0 saturated carbocycles. The first-order valence-electron chi connectivity index (χ1n) is 10.2. The third kappa shape index (κ3) is 4.61. The molecule has 9 heteroatoms. The lowest BCUT2D eigenvalue weighted by Gasteiger charge is -2.43. The zero-order valence-corrected chi connectivity index (χ0v) is 18.4. The maximum absolute atomic E-state index is 12.3. The van der Waals surface area contributed by atoms with Gasteiger partial charge < -0.3 is 20.3 Å². The molecule has 31 heavy (non-hydrogen) atoms. The molecular weight excluding hydrogens is 441 g/mol. The Labute approximate surface area is 191 Å². The van der Waals surface area contributed by atoms with Crippen molar-refractivity contribution in [2.45, 2.75) is 18.2 Å². The van der Waals surface area contributed by atoms with E-state index in [0.29, 0.717) is 59.9 Å². The minimum Gasteiger partial charge on any atom is -0.486 e. The van der Waals surface area contributed by atoms with Crippen molar-refractivity contribution in [3.63, 3.8) is 0 Å². The van der Waals surface area contributed by atoms with Crippen molar-refractivity contribution in [3.8, 4) is 11.5 Å². The standard InChI is InChI=1S/C22H25Cl2N3O4/c23-14-4-3-5-15(24)20(14)21(22(25)29)27-10-8-26(9-11-27)16(12-28)19-13-30-17-6-1-2-7-18(17)31-19/h1-7,16,19,21,28H,8-13H2,(H2,25,29). The molecule has 2 aliphatic heterocycles. The van der Waals surface area contributed by atoms with Gasteiger partial charge >= 0.3 is 0 Å². The quantitative estimate of drug-likeness (QED) is 0.680. The summed E-state index contributed by atoms with van der Waals surface area (Å²) in [7, 11) is 0. The van der Waals surface area contributed by atoms with Gasteiger partial charge in [-0.2, -0.15) is 0 Å². The van der Waals surface area contributed by atoms with Crippen molar-refractivity contribution in [2.24, 2.45) is 5.73 Å². The molecule has 0 radical (unpaired) electrons. The van der Waals surface area contributed by atoms with Gasteiger partial charge in [0, 0.05) is 41.8 Å². The number of hydrogen-bond acceptors (Lipinski definition) is 6. The first-order valence-corrected chi connectivity index (χ1v) is 11.0. The normalized spacial score (nSPS) is 21.5. The summed E-state index contributed by atoms with van der Waals surface area (Å²) in [6, 6.07) is 11.7. The molecule has 0 spiro atoms. The molecule has 0 aliphatic carbocycles. The minimum atomic E-state index is -0.711. The van der Waals surface area contributed by atoms with Gasteiger partial charge in [0.1, 0.15) is 12.6 Å². The van der Waals surface area contributed by atoms with Crippen LogP contribution in [-0.4, -0.2) is 72.4 Å². The zero-order chi connectivity index (χ0) is 22.0. The molecule has 166 valence electrons. The number of carbonyl (C=O) groups excluding carboxylic acids is 1. The minimum absolute atomic E-state index is 0.0637. The van der Waals surface area contributed by atoms with E-state index in [2.05, 4.69) is 4.90 Å². The van der Waals surface area contributed by atoms with Crippen LogP contribution in [0.1, 0.15) is 11.6 Å². The molecule has 4 rings (SSSR count). The van der Waals surface area contributed by atoms with E-state index in [0.717, 1.165) is 0 Å². The average molecular weight is 466 g/mol. The second-order valence-electron chi connectivity index (χ2n) is 7.68. The van der Waals surface area contributed by atoms with Gasteiger partial charge in [-0.3, -0.25) is 14.6 Å². The number of primary amides is 1. The van der Waals surface area contributed by atoms with E-state index in [4.69, 9.17) is 38.4 Å². The molecule has 1 saturated heterocycles. The second kappa shape index (κ2) is 9.63. The molecule has 2 aromatic rings. The Morgan fingerprint density at radius 1 is 1.03 bits per heavy atom. The highest BCUT2D eigenvalue weighted by atomic mass is 35.5. The number of nitrogens with two attached hydrogens (primary N) is 1. The van der Waals surface area contributed by atoms with E-state index in [-0.39, 0.29) is 18.8 Å². The van der Waals surface area contributed by atoms with Crippen LogP contribution in [0.4, 0.5) is 0 Å². The van der Waals surface area contributed by atoms with Crippen LogP contribution in [0.3, 0.4) is 0 Å². The Morgan fingerprint density at radius 3 is 2.26 bits per heavy atom. The number of aliphatic hydroxyl groups is 1. The lowest BCUT2D eigenvalue weighted by molar-refractivity contribution is -0.124. The van der Waals surface area contributed by atoms with E-state index in [1.807, 2.05) is 29.2 Å². The molecule has 2 aliphatic rings. The summed E-state index contributed by atoms with van der Waals surface area (Å²) in [5, 5.41) is 10.9. The molecule has 1 amide bonds. The van der Waals surface area contributed by atoms with Gasteiger partial charge in [0.25, 0.3) is 0 Å². The van der Waals surface area contributed by atoms with E-state index in [1.54, 1.807) is 18.2 Å². The number of rotatable bonds is 6. The summed E-state index contributed by atoms with van der Waals surface area (Å²) in [4.78, 5) is 16.5. The van der Waals surface area contributed by atoms with Crippen molar-refractivity contribution in [1.29, 1.82) is 0 Å². The summed E-state index contributed by atoms with van der Waals surface area (Å²) >= 11 is 12.7. The molecule has 1 fully saturated rings. The maximum Gasteiger partial charge on any atom is 0.239 e. The van der Waals surface area contributed by atoms with Crippen LogP contribution in [0.5, 0.6) is 11.5 Å². The molecule has 7 nitrogen and oxygen atoms in total. The fraction of sp³-hybridized carbons (Fsp3) is 0.409. The topological polar surface area (TPSA) is 88.3 Å². The zero-order valence-electron chi connectivity index (χ0n) is 16.9. The van der Waals surface area contributed by atoms with Gasteiger partial charge in [-0.15, -0.1) is 0 Å². The van der Waals surface area contributed by atoms with E-state index in [9.17, 15) is 9.90 Å². The predicted molar refractivity (Wildman–Crippen MR) is 119 cm³/mol. The highest BCUT2D eigenvalue weighted by molar-refractivity contribution is 6.36. The van der Waals surface area contributed by atoms with Gasteiger partial charge in [0.15, 0.2) is 17.6 Å². The number of aliphatic hydroxyl groups excluding tert-OH is 1. The third-order valence-electron chi connectivity index (χ3n) is 5.87. The molecule has 3 unspecified atom stereocenters. The van der Waals surface area contributed by atoms with E-state index in [1.165, 1.54) is 0 Å². The van der Waals surface area contributed by atoms with Gasteiger partial charge in [0.05, 0.1) is 12.6 Å². The summed E-state index contributed by atoms with van der Waals surface area (Å²) in [5.41, 5.74) is 6.27. The second-order valence-corrected chi connectivity index (χ2v) is 8.49. The number of piperazine rings is 1. The summed E-state index contributed by atoms with van der Waals surface area (Å²) in [5.74, 6) is 0.891. The summed E-state index contributed by atoms with van der Waals surface area (Å²) < 4.78 is 11.9. The fourth-order valence-corrected chi connectivity index (χ4v) is 4.90. The molecule has 3 atom stereocenters. The smallest absolute Gasteiger partial charge is 0.239 e. The average Bonchev–Trinajstić information content (AvgIpc) is 2.77. The predicted octanol–water partition coefficient (Wildman–Crippen LogP) is 2.34. The molecule has 0 aromatic heterocycles. The Hall–Kier alpha value is -2.03. The van der Waals surface area contributed by atoms with Gasteiger partial charge in [-0.1, -0.05) is 41.4 Å². The lowest BCUT2D eigenvalue weighted by Crippen LogP contribution is -2.59. The number of fused-ring (bicyclic) bond motifs is 1. The number of hydrogen-bond donors (Lipinski definition) is 2. The Bertz CT molecular complexity index is 916. The van der Waals surface area contributed by atoms with Crippen LogP contribution < -0.4 is 15.2 Å². The summed E-state index contributed by atoms with van der Waals surface area (Å²) in [6.07, 6.45) is -0.295. The lowest BCUT2D eigenvalue weighted by atomic mass is 10.0. The van der Waals surface area contributed by atoms with Crippen LogP contribution in [0, 0.1) is 0 Å². The number of carbonyl (C=O) groups is 1. The van der Waals surface area contributed by atoms with Crippen LogP contribution >= 0.6 is 23.2 Å². The Balaban J connectivity index is 1.45. The first kappa shape index (κ1) is 22.2. The van der Waals surface area contributed by atoms with Crippen LogP contribution in [-0.2, 0) is 4.79 Å². The highest BCUT2D eigenvalue weighted by Crippen LogP contribution is 2.35. The number of amides is 1. The van der Waals surface area contributed by atoms with Crippen molar-refractivity contribution in [2.75, 3.05) is 39.4 Å². The van der Waals surface area contributed by atoms with Crippen molar-refractivity contribution >= 4 is 29.1 Å².